The van der Waals surface area contributed by atoms with Crippen LogP contribution in [0.1, 0.15) is 0 Å². The van der Waals surface area contributed by atoms with Crippen LogP contribution in [0.3, 0.4) is 0 Å². The molecule has 0 spiro atoms. The Hall–Kier alpha value is -7.43. The zero-order valence-corrected chi connectivity index (χ0v) is 29.6. The highest BCUT2D eigenvalue weighted by molar-refractivity contribution is 6.20. The van der Waals surface area contributed by atoms with E-state index in [1.165, 1.54) is 38.1 Å². The lowest BCUT2D eigenvalue weighted by Gasteiger charge is -2.11. The van der Waals surface area contributed by atoms with Gasteiger partial charge in [0, 0.05) is 27.5 Å². The number of hydrogen-bond donors (Lipinski definition) is 0. The van der Waals surface area contributed by atoms with E-state index in [1.807, 2.05) is 48.5 Å². The summed E-state index contributed by atoms with van der Waals surface area (Å²) in [6.07, 6.45) is 0. The van der Waals surface area contributed by atoms with Crippen molar-refractivity contribution in [1.29, 1.82) is 0 Å². The summed E-state index contributed by atoms with van der Waals surface area (Å²) >= 11 is 0. The maximum atomic E-state index is 6.56. The topological polar surface area (TPSA) is 51.8 Å². The molecule has 0 aliphatic rings. The maximum absolute atomic E-state index is 6.56. The van der Waals surface area contributed by atoms with Crippen LogP contribution in [0.2, 0.25) is 0 Å². The number of rotatable bonds is 5. The fourth-order valence-electron chi connectivity index (χ4n) is 8.02. The molecule has 0 unspecified atom stereocenters. The van der Waals surface area contributed by atoms with Crippen LogP contribution >= 0.6 is 0 Å². The summed E-state index contributed by atoms with van der Waals surface area (Å²) in [6.45, 7) is 0. The molecule has 2 aromatic heterocycles. The minimum atomic E-state index is 0.599. The van der Waals surface area contributed by atoms with E-state index in [9.17, 15) is 0 Å². The average Bonchev–Trinajstić information content (AvgIpc) is 3.65. The second kappa shape index (κ2) is 12.6. The maximum Gasteiger partial charge on any atom is 0.164 e. The zero-order chi connectivity index (χ0) is 36.3. The Morgan fingerprint density at radius 1 is 0.291 bits per heavy atom. The fourth-order valence-corrected chi connectivity index (χ4v) is 8.02. The van der Waals surface area contributed by atoms with Crippen LogP contribution in [-0.2, 0) is 0 Å². The predicted octanol–water partition coefficient (Wildman–Crippen LogP) is 13.6. The third-order valence-electron chi connectivity index (χ3n) is 10.7. The van der Waals surface area contributed by atoms with E-state index in [4.69, 9.17) is 19.4 Å². The molecule has 0 aliphatic heterocycles. The molecule has 0 fully saturated rings. The van der Waals surface area contributed by atoms with Gasteiger partial charge in [-0.3, -0.25) is 0 Å². The largest absolute Gasteiger partial charge is 0.456 e. The first kappa shape index (κ1) is 31.1. The third kappa shape index (κ3) is 5.34. The van der Waals surface area contributed by atoms with Crippen molar-refractivity contribution in [1.82, 2.24) is 15.0 Å². The van der Waals surface area contributed by atoms with Gasteiger partial charge in [-0.05, 0) is 84.9 Å². The van der Waals surface area contributed by atoms with Gasteiger partial charge in [-0.1, -0.05) is 158 Å². The van der Waals surface area contributed by atoms with Crippen molar-refractivity contribution >= 4 is 54.3 Å². The van der Waals surface area contributed by atoms with Crippen LogP contribution in [0, 0.1) is 0 Å². The molecular weight excluding hydrogens is 671 g/mol. The SMILES string of the molecule is c1ccc(-c2cccc(-c3ccc4c(c3)oc3cccc(-c5nc(-c6ccccc6)nc(-c6ccc7c(ccc8ccc9ccccc9c87)c6)n5)c34)c2)cc1. The molecule has 55 heavy (non-hydrogen) atoms. The van der Waals surface area contributed by atoms with Crippen molar-refractivity contribution in [3.63, 3.8) is 0 Å². The van der Waals surface area contributed by atoms with E-state index in [1.54, 1.807) is 0 Å². The average molecular weight is 702 g/mol. The van der Waals surface area contributed by atoms with Crippen LogP contribution in [0.25, 0.3) is 111 Å². The highest BCUT2D eigenvalue weighted by Crippen LogP contribution is 2.39. The van der Waals surface area contributed by atoms with Crippen molar-refractivity contribution in [3.8, 4) is 56.4 Å². The molecule has 9 aromatic carbocycles. The van der Waals surface area contributed by atoms with Crippen molar-refractivity contribution < 1.29 is 4.42 Å². The Bertz CT molecular complexity index is 3260. The molecule has 0 amide bonds. The molecule has 11 aromatic rings. The number of fused-ring (bicyclic) bond motifs is 8. The van der Waals surface area contributed by atoms with Crippen molar-refractivity contribution in [2.45, 2.75) is 0 Å². The van der Waals surface area contributed by atoms with Crippen molar-refractivity contribution in [2.24, 2.45) is 0 Å². The van der Waals surface area contributed by atoms with Gasteiger partial charge in [0.05, 0.1) is 0 Å². The second-order valence-corrected chi connectivity index (χ2v) is 14.0. The molecule has 4 nitrogen and oxygen atoms in total. The summed E-state index contributed by atoms with van der Waals surface area (Å²) in [6, 6.07) is 65.8. The quantitative estimate of drug-likeness (QED) is 0.168. The van der Waals surface area contributed by atoms with Gasteiger partial charge in [-0.15, -0.1) is 0 Å². The van der Waals surface area contributed by atoms with E-state index >= 15 is 0 Å². The van der Waals surface area contributed by atoms with Gasteiger partial charge in [-0.2, -0.15) is 0 Å². The minimum Gasteiger partial charge on any atom is -0.456 e. The molecule has 0 aliphatic carbocycles. The molecule has 2 heterocycles. The molecule has 256 valence electrons. The number of nitrogens with zero attached hydrogens (tertiary/aromatic N) is 3. The standard InChI is InChI=1S/C51H31N3O/c1-3-11-32(12-4-1)36-16-9-17-37(29-36)38-25-28-43-46(31-38)55-45-20-10-19-44(48(43)45)51-53-49(35-14-5-2-6-15-35)52-50(54-51)40-26-27-42-39(30-40)24-23-34-22-21-33-13-7-8-18-41(33)47(34)42/h1-31H. The van der Waals surface area contributed by atoms with Crippen LogP contribution < -0.4 is 0 Å². The van der Waals surface area contributed by atoms with E-state index in [-0.39, 0.29) is 0 Å². The van der Waals surface area contributed by atoms with Crippen LogP contribution in [-0.4, -0.2) is 15.0 Å². The second-order valence-electron chi connectivity index (χ2n) is 14.0. The Labute approximate surface area is 317 Å². The summed E-state index contributed by atoms with van der Waals surface area (Å²) in [7, 11) is 0. The summed E-state index contributed by atoms with van der Waals surface area (Å²) in [5.74, 6) is 1.84. The van der Waals surface area contributed by atoms with Gasteiger partial charge in [0.25, 0.3) is 0 Å². The molecule has 4 heteroatoms. The van der Waals surface area contributed by atoms with Crippen LogP contribution in [0.15, 0.2) is 192 Å². The lowest BCUT2D eigenvalue weighted by atomic mass is 9.95. The minimum absolute atomic E-state index is 0.599. The smallest absolute Gasteiger partial charge is 0.164 e. The fraction of sp³-hybridized carbons (Fsp3) is 0. The van der Waals surface area contributed by atoms with Crippen molar-refractivity contribution in [3.05, 3.63) is 188 Å². The Morgan fingerprint density at radius 3 is 1.71 bits per heavy atom. The van der Waals surface area contributed by atoms with Gasteiger partial charge < -0.3 is 4.42 Å². The highest BCUT2D eigenvalue weighted by Gasteiger charge is 2.19. The summed E-state index contributed by atoms with van der Waals surface area (Å²) in [5, 5.41) is 9.30. The number of benzene rings is 9. The Morgan fingerprint density at radius 2 is 0.873 bits per heavy atom. The van der Waals surface area contributed by atoms with Gasteiger partial charge in [0.15, 0.2) is 17.5 Å². The van der Waals surface area contributed by atoms with Crippen LogP contribution in [0.4, 0.5) is 0 Å². The number of furan rings is 1. The lowest BCUT2D eigenvalue weighted by Crippen LogP contribution is -2.00. The van der Waals surface area contributed by atoms with Crippen molar-refractivity contribution in [2.75, 3.05) is 0 Å². The predicted molar refractivity (Wildman–Crippen MR) is 227 cm³/mol. The molecule has 0 atom stereocenters. The van der Waals surface area contributed by atoms with Gasteiger partial charge >= 0.3 is 0 Å². The first-order valence-corrected chi connectivity index (χ1v) is 18.5. The summed E-state index contributed by atoms with van der Waals surface area (Å²) < 4.78 is 6.56. The zero-order valence-electron chi connectivity index (χ0n) is 29.6. The number of aromatic nitrogens is 3. The molecule has 0 saturated carbocycles. The van der Waals surface area contributed by atoms with Gasteiger partial charge in [-0.25, -0.2) is 15.0 Å². The number of hydrogen-bond acceptors (Lipinski definition) is 4. The molecule has 0 saturated heterocycles. The van der Waals surface area contributed by atoms with Gasteiger partial charge in [0.1, 0.15) is 11.2 Å². The highest BCUT2D eigenvalue weighted by atomic mass is 16.3. The first-order chi connectivity index (χ1) is 27.2. The summed E-state index contributed by atoms with van der Waals surface area (Å²) in [4.78, 5) is 15.4. The molecule has 0 N–H and O–H groups in total. The third-order valence-corrected chi connectivity index (χ3v) is 10.7. The van der Waals surface area contributed by atoms with Crippen LogP contribution in [0.5, 0.6) is 0 Å². The molecule has 0 bridgehead atoms. The molecule has 11 rings (SSSR count). The molecule has 0 radical (unpaired) electrons. The normalized spacial score (nSPS) is 11.6. The summed E-state index contributed by atoms with van der Waals surface area (Å²) in [5.41, 5.74) is 8.96. The van der Waals surface area contributed by atoms with E-state index < -0.39 is 0 Å². The van der Waals surface area contributed by atoms with E-state index in [2.05, 4.69) is 140 Å². The molecular formula is C51H31N3O. The first-order valence-electron chi connectivity index (χ1n) is 18.5. The van der Waals surface area contributed by atoms with E-state index in [0.717, 1.165) is 55.1 Å². The Kier molecular flexibility index (Phi) is 7.14. The lowest BCUT2D eigenvalue weighted by molar-refractivity contribution is 0.669. The van der Waals surface area contributed by atoms with E-state index in [0.29, 0.717) is 17.5 Å². The van der Waals surface area contributed by atoms with Gasteiger partial charge in [0.2, 0.25) is 0 Å². The monoisotopic (exact) mass is 701 g/mol. The Balaban J connectivity index is 1.06.